The Morgan fingerprint density at radius 3 is 2.14 bits per heavy atom. The van der Waals surface area contributed by atoms with Crippen LogP contribution >= 0.6 is 0 Å². The first kappa shape index (κ1) is 9.55. The van der Waals surface area contributed by atoms with E-state index in [2.05, 4.69) is 0 Å². The van der Waals surface area contributed by atoms with Crippen LogP contribution in [0.2, 0.25) is 0 Å². The SMILES string of the molecule is NC1(c2cc(F)cc(F)c2)CC(O)C1. The van der Waals surface area contributed by atoms with Gasteiger partial charge in [-0.1, -0.05) is 0 Å². The van der Waals surface area contributed by atoms with Crippen LogP contribution in [0.5, 0.6) is 0 Å². The molecule has 1 aliphatic rings. The molecule has 1 aromatic carbocycles. The predicted molar refractivity (Wildman–Crippen MR) is 47.5 cm³/mol. The molecule has 2 nitrogen and oxygen atoms in total. The van der Waals surface area contributed by atoms with Crippen molar-refractivity contribution in [2.45, 2.75) is 24.5 Å². The molecule has 0 bridgehead atoms. The summed E-state index contributed by atoms with van der Waals surface area (Å²) < 4.78 is 25.7. The van der Waals surface area contributed by atoms with Gasteiger partial charge in [0.1, 0.15) is 11.6 Å². The lowest BCUT2D eigenvalue weighted by Crippen LogP contribution is -2.51. The second-order valence-electron chi connectivity index (χ2n) is 3.88. The van der Waals surface area contributed by atoms with Crippen LogP contribution in [0.3, 0.4) is 0 Å². The van der Waals surface area contributed by atoms with E-state index in [1.165, 1.54) is 12.1 Å². The maximum atomic E-state index is 12.9. The van der Waals surface area contributed by atoms with Crippen molar-refractivity contribution in [2.24, 2.45) is 5.73 Å². The summed E-state index contributed by atoms with van der Waals surface area (Å²) >= 11 is 0. The van der Waals surface area contributed by atoms with E-state index in [0.717, 1.165) is 6.07 Å². The van der Waals surface area contributed by atoms with Gasteiger partial charge in [-0.25, -0.2) is 8.78 Å². The third kappa shape index (κ3) is 1.51. The van der Waals surface area contributed by atoms with Gasteiger partial charge in [0.15, 0.2) is 0 Å². The number of benzene rings is 1. The minimum Gasteiger partial charge on any atom is -0.393 e. The molecule has 0 amide bonds. The van der Waals surface area contributed by atoms with Gasteiger partial charge >= 0.3 is 0 Å². The van der Waals surface area contributed by atoms with Crippen LogP contribution in [-0.4, -0.2) is 11.2 Å². The number of halogens is 2. The Labute approximate surface area is 80.4 Å². The van der Waals surface area contributed by atoms with Gasteiger partial charge in [-0.15, -0.1) is 0 Å². The topological polar surface area (TPSA) is 46.2 Å². The Morgan fingerprint density at radius 2 is 1.71 bits per heavy atom. The van der Waals surface area contributed by atoms with Crippen molar-refractivity contribution < 1.29 is 13.9 Å². The fraction of sp³-hybridized carbons (Fsp3) is 0.400. The van der Waals surface area contributed by atoms with E-state index in [0.29, 0.717) is 18.4 Å². The molecule has 0 heterocycles. The Balaban J connectivity index is 2.32. The van der Waals surface area contributed by atoms with E-state index in [-0.39, 0.29) is 0 Å². The highest BCUT2D eigenvalue weighted by Gasteiger charge is 2.41. The molecule has 0 aromatic heterocycles. The third-order valence-corrected chi connectivity index (χ3v) is 2.64. The van der Waals surface area contributed by atoms with E-state index in [1.54, 1.807) is 0 Å². The van der Waals surface area contributed by atoms with Crippen LogP contribution in [0.4, 0.5) is 8.78 Å². The van der Waals surface area contributed by atoms with Crippen molar-refractivity contribution >= 4 is 0 Å². The quantitative estimate of drug-likeness (QED) is 0.715. The van der Waals surface area contributed by atoms with Crippen LogP contribution in [0, 0.1) is 11.6 Å². The summed E-state index contributed by atoms with van der Waals surface area (Å²) in [5.41, 5.74) is 5.51. The summed E-state index contributed by atoms with van der Waals surface area (Å²) in [6, 6.07) is 3.24. The molecule has 0 spiro atoms. The van der Waals surface area contributed by atoms with E-state index in [1.807, 2.05) is 0 Å². The Morgan fingerprint density at radius 1 is 1.21 bits per heavy atom. The first-order chi connectivity index (χ1) is 6.49. The van der Waals surface area contributed by atoms with Gasteiger partial charge in [0.05, 0.1) is 6.10 Å². The van der Waals surface area contributed by atoms with Gasteiger partial charge in [-0.3, -0.25) is 0 Å². The smallest absolute Gasteiger partial charge is 0.126 e. The molecule has 1 fully saturated rings. The fourth-order valence-corrected chi connectivity index (χ4v) is 1.86. The van der Waals surface area contributed by atoms with Gasteiger partial charge in [0.2, 0.25) is 0 Å². The van der Waals surface area contributed by atoms with E-state index in [4.69, 9.17) is 10.8 Å². The highest BCUT2D eigenvalue weighted by Crippen LogP contribution is 2.39. The van der Waals surface area contributed by atoms with Gasteiger partial charge in [0, 0.05) is 11.6 Å². The maximum Gasteiger partial charge on any atom is 0.126 e. The monoisotopic (exact) mass is 199 g/mol. The molecule has 2 rings (SSSR count). The average Bonchev–Trinajstić information content (AvgIpc) is 1.99. The average molecular weight is 199 g/mol. The van der Waals surface area contributed by atoms with Crippen molar-refractivity contribution in [1.29, 1.82) is 0 Å². The van der Waals surface area contributed by atoms with E-state index >= 15 is 0 Å². The van der Waals surface area contributed by atoms with Crippen LogP contribution in [0.25, 0.3) is 0 Å². The lowest BCUT2D eigenvalue weighted by atomic mass is 9.70. The zero-order valence-corrected chi connectivity index (χ0v) is 7.50. The summed E-state index contributed by atoms with van der Waals surface area (Å²) in [4.78, 5) is 0. The zero-order valence-electron chi connectivity index (χ0n) is 7.50. The molecular weight excluding hydrogens is 188 g/mol. The number of hydrogen-bond acceptors (Lipinski definition) is 2. The molecule has 0 saturated heterocycles. The van der Waals surface area contributed by atoms with Crippen LogP contribution < -0.4 is 5.73 Å². The first-order valence-corrected chi connectivity index (χ1v) is 4.43. The third-order valence-electron chi connectivity index (χ3n) is 2.64. The minimum absolute atomic E-state index is 0.357. The maximum absolute atomic E-state index is 12.9. The molecule has 1 aliphatic carbocycles. The van der Waals surface area contributed by atoms with Gasteiger partial charge < -0.3 is 10.8 Å². The number of rotatable bonds is 1. The summed E-state index contributed by atoms with van der Waals surface area (Å²) in [5.74, 6) is -1.27. The number of aliphatic hydroxyl groups is 1. The fourth-order valence-electron chi connectivity index (χ4n) is 1.86. The summed E-state index contributed by atoms with van der Waals surface area (Å²) in [7, 11) is 0. The Kier molecular flexibility index (Phi) is 2.05. The van der Waals surface area contributed by atoms with Crippen molar-refractivity contribution in [3.8, 4) is 0 Å². The molecule has 0 radical (unpaired) electrons. The highest BCUT2D eigenvalue weighted by atomic mass is 19.1. The molecule has 0 unspecified atom stereocenters. The van der Waals surface area contributed by atoms with Crippen molar-refractivity contribution in [2.75, 3.05) is 0 Å². The second-order valence-corrected chi connectivity index (χ2v) is 3.88. The lowest BCUT2D eigenvalue weighted by molar-refractivity contribution is 0.0206. The van der Waals surface area contributed by atoms with Gasteiger partial charge in [-0.2, -0.15) is 0 Å². The number of nitrogens with two attached hydrogens (primary N) is 1. The van der Waals surface area contributed by atoms with E-state index in [9.17, 15) is 8.78 Å². The number of aliphatic hydroxyl groups excluding tert-OH is 1. The predicted octanol–water partition coefficient (Wildman–Crippen LogP) is 1.27. The molecule has 0 atom stereocenters. The van der Waals surface area contributed by atoms with E-state index < -0.39 is 23.3 Å². The molecular formula is C10H11F2NO. The summed E-state index contributed by atoms with van der Waals surface area (Å²) in [5, 5.41) is 9.12. The molecule has 4 heteroatoms. The first-order valence-electron chi connectivity index (χ1n) is 4.43. The molecule has 3 N–H and O–H groups in total. The number of hydrogen-bond donors (Lipinski definition) is 2. The molecule has 0 aliphatic heterocycles. The zero-order chi connectivity index (χ0) is 10.3. The highest BCUT2D eigenvalue weighted by molar-refractivity contribution is 5.28. The van der Waals surface area contributed by atoms with Crippen molar-refractivity contribution in [1.82, 2.24) is 0 Å². The lowest BCUT2D eigenvalue weighted by Gasteiger charge is -2.42. The Hall–Kier alpha value is -1.00. The van der Waals surface area contributed by atoms with Gasteiger partial charge in [0.25, 0.3) is 0 Å². The molecule has 1 aromatic rings. The molecule has 14 heavy (non-hydrogen) atoms. The second kappa shape index (κ2) is 3.00. The van der Waals surface area contributed by atoms with Crippen molar-refractivity contribution in [3.63, 3.8) is 0 Å². The molecule has 1 saturated carbocycles. The normalized spacial score (nSPS) is 31.3. The van der Waals surface area contributed by atoms with Crippen LogP contribution in [-0.2, 0) is 5.54 Å². The Bertz CT molecular complexity index is 341. The minimum atomic E-state index is -0.762. The van der Waals surface area contributed by atoms with Gasteiger partial charge in [-0.05, 0) is 30.5 Å². The molecule has 76 valence electrons. The van der Waals surface area contributed by atoms with Crippen LogP contribution in [0.1, 0.15) is 18.4 Å². The largest absolute Gasteiger partial charge is 0.393 e. The van der Waals surface area contributed by atoms with Crippen LogP contribution in [0.15, 0.2) is 18.2 Å². The summed E-state index contributed by atoms with van der Waals surface area (Å²) in [6.45, 7) is 0. The standard InChI is InChI=1S/C10H11F2NO/c11-7-1-6(2-8(12)3-7)10(13)4-9(14)5-10/h1-3,9,14H,4-5,13H2. The summed E-state index contributed by atoms with van der Waals surface area (Å²) in [6.07, 6.45) is 0.262. The van der Waals surface area contributed by atoms with Crippen molar-refractivity contribution in [3.05, 3.63) is 35.4 Å².